The van der Waals surface area contributed by atoms with Crippen LogP contribution in [0.3, 0.4) is 0 Å². The Hall–Kier alpha value is -2.59. The zero-order valence-corrected chi connectivity index (χ0v) is 15.5. The number of piperazine rings is 1. The van der Waals surface area contributed by atoms with E-state index < -0.39 is 27.8 Å². The van der Waals surface area contributed by atoms with E-state index in [0.29, 0.717) is 0 Å². The molecule has 2 aromatic rings. The van der Waals surface area contributed by atoms with Crippen LogP contribution in [-0.4, -0.2) is 49.8 Å². The van der Waals surface area contributed by atoms with Crippen LogP contribution in [0.2, 0.25) is 0 Å². The predicted octanol–water partition coefficient (Wildman–Crippen LogP) is 3.24. The summed E-state index contributed by atoms with van der Waals surface area (Å²) in [6.07, 6.45) is -4.59. The Morgan fingerprint density at radius 3 is 2.07 bits per heavy atom. The van der Waals surface area contributed by atoms with Gasteiger partial charge in [0, 0.05) is 26.2 Å². The molecule has 1 fully saturated rings. The standard InChI is InChI=1S/C18H18F3N3O3S/c19-18(20,21)15-8-4-5-9-16(15)22-17(25)23-10-12-24(13-11-23)28(26,27)14-6-2-1-3-7-14/h1-9H,10-13H2,(H,22,25). The molecule has 2 amide bonds. The lowest BCUT2D eigenvalue weighted by Gasteiger charge is -2.34. The summed E-state index contributed by atoms with van der Waals surface area (Å²) in [5.41, 5.74) is -1.27. The first-order valence-corrected chi connectivity index (χ1v) is 9.91. The molecule has 3 rings (SSSR count). The van der Waals surface area contributed by atoms with Gasteiger partial charge in [0.25, 0.3) is 0 Å². The Labute approximate surface area is 160 Å². The summed E-state index contributed by atoms with van der Waals surface area (Å²) in [6.45, 7) is 0.273. The monoisotopic (exact) mass is 413 g/mol. The molecule has 2 aromatic carbocycles. The van der Waals surface area contributed by atoms with Crippen molar-refractivity contribution >= 4 is 21.7 Å². The third kappa shape index (κ3) is 4.28. The molecule has 6 nitrogen and oxygen atoms in total. The summed E-state index contributed by atoms with van der Waals surface area (Å²) in [7, 11) is -3.67. The fraction of sp³-hybridized carbons (Fsp3) is 0.278. The molecule has 1 aliphatic heterocycles. The third-order valence-corrected chi connectivity index (χ3v) is 6.29. The van der Waals surface area contributed by atoms with E-state index in [9.17, 15) is 26.4 Å². The van der Waals surface area contributed by atoms with E-state index >= 15 is 0 Å². The van der Waals surface area contributed by atoms with Gasteiger partial charge in [0.2, 0.25) is 10.0 Å². The largest absolute Gasteiger partial charge is 0.418 e. The molecule has 1 aliphatic rings. The van der Waals surface area contributed by atoms with E-state index in [1.807, 2.05) is 0 Å². The number of hydrogen-bond acceptors (Lipinski definition) is 3. The SMILES string of the molecule is O=C(Nc1ccccc1C(F)(F)F)N1CCN(S(=O)(=O)c2ccccc2)CC1. The highest BCUT2D eigenvalue weighted by Gasteiger charge is 2.35. The van der Waals surface area contributed by atoms with Crippen LogP contribution < -0.4 is 5.32 Å². The van der Waals surface area contributed by atoms with Crippen molar-refractivity contribution in [2.75, 3.05) is 31.5 Å². The zero-order valence-electron chi connectivity index (χ0n) is 14.7. The van der Waals surface area contributed by atoms with Crippen molar-refractivity contribution < 1.29 is 26.4 Å². The fourth-order valence-electron chi connectivity index (χ4n) is 2.91. The van der Waals surface area contributed by atoms with Gasteiger partial charge >= 0.3 is 12.2 Å². The average Bonchev–Trinajstić information content (AvgIpc) is 2.68. The van der Waals surface area contributed by atoms with Crippen LogP contribution in [0.4, 0.5) is 23.7 Å². The molecule has 0 aliphatic carbocycles. The molecule has 150 valence electrons. The van der Waals surface area contributed by atoms with Crippen molar-refractivity contribution in [2.45, 2.75) is 11.1 Å². The Kier molecular flexibility index (Phi) is 5.61. The summed E-state index contributed by atoms with van der Waals surface area (Å²) in [5, 5.41) is 2.27. The van der Waals surface area contributed by atoms with Crippen LogP contribution in [0.15, 0.2) is 59.5 Å². The molecule has 0 unspecified atom stereocenters. The van der Waals surface area contributed by atoms with E-state index in [0.717, 1.165) is 6.07 Å². The molecule has 1 heterocycles. The predicted molar refractivity (Wildman–Crippen MR) is 97.2 cm³/mol. The Bertz CT molecular complexity index is 941. The molecular formula is C18H18F3N3O3S. The number of para-hydroxylation sites is 1. The highest BCUT2D eigenvalue weighted by atomic mass is 32.2. The normalized spacial score (nSPS) is 16.0. The Morgan fingerprint density at radius 2 is 1.46 bits per heavy atom. The smallest absolute Gasteiger partial charge is 0.322 e. The lowest BCUT2D eigenvalue weighted by molar-refractivity contribution is -0.136. The van der Waals surface area contributed by atoms with Gasteiger partial charge in [-0.25, -0.2) is 13.2 Å². The molecule has 0 saturated carbocycles. The van der Waals surface area contributed by atoms with Crippen LogP contribution in [0.1, 0.15) is 5.56 Å². The summed E-state index contributed by atoms with van der Waals surface area (Å²) < 4.78 is 65.6. The highest BCUT2D eigenvalue weighted by molar-refractivity contribution is 7.89. The van der Waals surface area contributed by atoms with Gasteiger partial charge in [-0.3, -0.25) is 0 Å². The average molecular weight is 413 g/mol. The van der Waals surface area contributed by atoms with E-state index in [1.165, 1.54) is 39.5 Å². The lowest BCUT2D eigenvalue weighted by Crippen LogP contribution is -2.51. The maximum Gasteiger partial charge on any atom is 0.418 e. The van der Waals surface area contributed by atoms with Crippen molar-refractivity contribution in [2.24, 2.45) is 0 Å². The minimum absolute atomic E-state index is 0.0611. The lowest BCUT2D eigenvalue weighted by atomic mass is 10.1. The summed E-state index contributed by atoms with van der Waals surface area (Å²) in [4.78, 5) is 13.8. The van der Waals surface area contributed by atoms with Crippen LogP contribution >= 0.6 is 0 Å². The maximum absolute atomic E-state index is 13.0. The molecule has 1 saturated heterocycles. The Balaban J connectivity index is 1.65. The minimum atomic E-state index is -4.59. The number of anilines is 1. The Morgan fingerprint density at radius 1 is 0.893 bits per heavy atom. The number of rotatable bonds is 3. The number of nitrogens with zero attached hydrogens (tertiary/aromatic N) is 2. The van der Waals surface area contributed by atoms with Gasteiger partial charge in [0.05, 0.1) is 16.1 Å². The molecule has 0 spiro atoms. The van der Waals surface area contributed by atoms with E-state index in [1.54, 1.807) is 18.2 Å². The first kappa shape index (κ1) is 20.2. The number of sulfonamides is 1. The molecule has 0 bridgehead atoms. The summed E-state index contributed by atoms with van der Waals surface area (Å²) >= 11 is 0. The van der Waals surface area contributed by atoms with Crippen molar-refractivity contribution in [3.63, 3.8) is 0 Å². The van der Waals surface area contributed by atoms with E-state index in [2.05, 4.69) is 5.32 Å². The number of amides is 2. The molecule has 0 atom stereocenters. The zero-order chi connectivity index (χ0) is 20.4. The maximum atomic E-state index is 13.0. The van der Waals surface area contributed by atoms with Gasteiger partial charge in [-0.2, -0.15) is 17.5 Å². The third-order valence-electron chi connectivity index (χ3n) is 4.38. The van der Waals surface area contributed by atoms with Gasteiger partial charge in [-0.05, 0) is 24.3 Å². The number of nitrogens with one attached hydrogen (secondary N) is 1. The number of carbonyl (C=O) groups is 1. The first-order chi connectivity index (χ1) is 13.2. The molecule has 0 radical (unpaired) electrons. The van der Waals surface area contributed by atoms with Crippen molar-refractivity contribution in [3.8, 4) is 0 Å². The second-order valence-corrected chi connectivity index (χ2v) is 8.12. The van der Waals surface area contributed by atoms with Gasteiger partial charge < -0.3 is 10.2 Å². The van der Waals surface area contributed by atoms with Crippen LogP contribution in [-0.2, 0) is 16.2 Å². The number of alkyl halides is 3. The first-order valence-electron chi connectivity index (χ1n) is 8.47. The summed E-state index contributed by atoms with van der Waals surface area (Å²) in [6, 6.07) is 11.9. The van der Waals surface area contributed by atoms with Crippen LogP contribution in [0.25, 0.3) is 0 Å². The topological polar surface area (TPSA) is 69.7 Å². The fourth-order valence-corrected chi connectivity index (χ4v) is 4.35. The van der Waals surface area contributed by atoms with Crippen LogP contribution in [0.5, 0.6) is 0 Å². The molecule has 10 heteroatoms. The number of urea groups is 1. The van der Waals surface area contributed by atoms with Crippen molar-refractivity contribution in [3.05, 3.63) is 60.2 Å². The highest BCUT2D eigenvalue weighted by Crippen LogP contribution is 2.34. The molecule has 1 N–H and O–H groups in total. The number of hydrogen-bond donors (Lipinski definition) is 1. The number of benzene rings is 2. The van der Waals surface area contributed by atoms with Gasteiger partial charge in [0.1, 0.15) is 0 Å². The second kappa shape index (κ2) is 7.80. The number of carbonyl (C=O) groups excluding carboxylic acids is 1. The summed E-state index contributed by atoms with van der Waals surface area (Å²) in [5.74, 6) is 0. The van der Waals surface area contributed by atoms with Gasteiger partial charge in [0.15, 0.2) is 0 Å². The molecule has 28 heavy (non-hydrogen) atoms. The van der Waals surface area contributed by atoms with Gasteiger partial charge in [-0.15, -0.1) is 0 Å². The second-order valence-electron chi connectivity index (χ2n) is 6.18. The molecule has 0 aromatic heterocycles. The molecular weight excluding hydrogens is 395 g/mol. The van der Waals surface area contributed by atoms with E-state index in [-0.39, 0.29) is 36.8 Å². The van der Waals surface area contributed by atoms with Crippen LogP contribution in [0, 0.1) is 0 Å². The van der Waals surface area contributed by atoms with Crippen molar-refractivity contribution in [1.82, 2.24) is 9.21 Å². The minimum Gasteiger partial charge on any atom is -0.322 e. The quantitative estimate of drug-likeness (QED) is 0.840. The van der Waals surface area contributed by atoms with Gasteiger partial charge in [-0.1, -0.05) is 30.3 Å². The number of halogens is 3. The van der Waals surface area contributed by atoms with Crippen molar-refractivity contribution in [1.29, 1.82) is 0 Å². The van der Waals surface area contributed by atoms with E-state index in [4.69, 9.17) is 0 Å².